The molecule has 4 aromatic carbocycles. The van der Waals surface area contributed by atoms with Crippen molar-refractivity contribution in [3.8, 4) is 23.3 Å². The lowest BCUT2D eigenvalue weighted by atomic mass is 9.81. The van der Waals surface area contributed by atoms with Gasteiger partial charge in [-0.15, -0.1) is 0 Å². The number of hydrogen-bond acceptors (Lipinski definition) is 18. The van der Waals surface area contributed by atoms with Gasteiger partial charge in [0.2, 0.25) is 11.3 Å². The number of aromatic carboxylic acids is 1. The van der Waals surface area contributed by atoms with Gasteiger partial charge in [-0.25, -0.2) is 23.1 Å². The number of carboxylic acid groups (broad SMARTS) is 1. The van der Waals surface area contributed by atoms with Gasteiger partial charge in [0, 0.05) is 94.5 Å². The first-order valence-electron chi connectivity index (χ1n) is 28.8. The SMILES string of the molecule is CC(C)[C@@H](OCc1cn([C@H]2C[C@H](O)[C@@H](COP(=O)(O)OP(=O)(O)OP(=O)(O)O)O2)c2nc(N)[nH]c(=O)c12)c1ccc(C#CCNC(=O)c2ccc(C(=O)O)c(C3=c4cc5c6c(c4Oc4c3cc3c7c4CCCN7CCC3)CCC[N+]=6CCC5)c2)cc1[N+](=O)[O-]. The lowest BCUT2D eigenvalue weighted by Gasteiger charge is -2.39. The molecule has 2 unspecified atom stereocenters. The topological polar surface area (TPSA) is 400 Å². The summed E-state index contributed by atoms with van der Waals surface area (Å²) in [6.45, 7) is 5.87. The van der Waals surface area contributed by atoms with Crippen LogP contribution < -0.4 is 41.4 Å². The maximum atomic E-state index is 14.2. The number of H-pyrrole nitrogens is 1. The van der Waals surface area contributed by atoms with Crippen LogP contribution in [0.15, 0.2) is 59.5 Å². The summed E-state index contributed by atoms with van der Waals surface area (Å²) in [4.78, 5) is 99.4. The Labute approximate surface area is 506 Å². The van der Waals surface area contributed by atoms with Crippen molar-refractivity contribution >= 4 is 69.3 Å². The van der Waals surface area contributed by atoms with Crippen molar-refractivity contribution in [2.75, 3.05) is 50.0 Å². The average Bonchev–Trinajstić information content (AvgIpc) is 1.32. The number of nitro benzene ring substituents is 1. The van der Waals surface area contributed by atoms with Crippen LogP contribution in [0.3, 0.4) is 0 Å². The van der Waals surface area contributed by atoms with E-state index >= 15 is 0 Å². The Morgan fingerprint density at radius 1 is 0.944 bits per heavy atom. The van der Waals surface area contributed by atoms with E-state index in [0.29, 0.717) is 11.1 Å². The molecule has 468 valence electrons. The second kappa shape index (κ2) is 24.1. The number of nitrogens with zero attached hydrogens (tertiary/aromatic N) is 5. The van der Waals surface area contributed by atoms with Crippen molar-refractivity contribution in [1.29, 1.82) is 0 Å². The summed E-state index contributed by atoms with van der Waals surface area (Å²) in [6.07, 6.45) is 3.42. The van der Waals surface area contributed by atoms with Gasteiger partial charge in [0.15, 0.2) is 5.65 Å². The zero-order valence-electron chi connectivity index (χ0n) is 48.0. The fraction of sp³-hybridized carbons (Fsp3) is 0.397. The molecule has 1 fully saturated rings. The third-order valence-corrected chi connectivity index (χ3v) is 20.5. The molecule has 28 nitrogen and oxygen atoms in total. The average molecular weight is 1280 g/mol. The van der Waals surface area contributed by atoms with E-state index in [-0.39, 0.29) is 70.1 Å². The second-order valence-electron chi connectivity index (χ2n) is 22.9. The number of aromatic nitrogens is 3. The molecule has 89 heavy (non-hydrogen) atoms. The maximum absolute atomic E-state index is 14.2. The number of amides is 1. The Morgan fingerprint density at radius 3 is 2.43 bits per heavy atom. The third kappa shape index (κ3) is 12.4. The number of benzene rings is 4. The van der Waals surface area contributed by atoms with Crippen LogP contribution in [-0.4, -0.2) is 113 Å². The summed E-state index contributed by atoms with van der Waals surface area (Å²) in [5.41, 5.74) is 13.5. The number of nitrogens with two attached hydrogens (primary N) is 1. The predicted molar refractivity (Wildman–Crippen MR) is 317 cm³/mol. The third-order valence-electron chi connectivity index (χ3n) is 16.7. The lowest BCUT2D eigenvalue weighted by molar-refractivity contribution is -0.386. The highest BCUT2D eigenvalue weighted by Crippen LogP contribution is 2.66. The van der Waals surface area contributed by atoms with E-state index in [2.05, 4.69) is 61.9 Å². The Balaban J connectivity index is 0.779. The van der Waals surface area contributed by atoms with Crippen molar-refractivity contribution in [2.24, 2.45) is 5.92 Å². The smallest absolute Gasteiger partial charge is 0.478 e. The van der Waals surface area contributed by atoms with Crippen LogP contribution >= 0.6 is 23.5 Å². The van der Waals surface area contributed by atoms with Gasteiger partial charge in [-0.2, -0.15) is 13.6 Å². The van der Waals surface area contributed by atoms with Gasteiger partial charge in [-0.1, -0.05) is 25.7 Å². The van der Waals surface area contributed by atoms with Crippen LogP contribution in [0.25, 0.3) is 16.6 Å². The fourth-order valence-corrected chi connectivity index (χ4v) is 16.2. The minimum Gasteiger partial charge on any atom is -0.478 e. The molecule has 10 N–H and O–H groups in total. The highest BCUT2D eigenvalue weighted by Gasteiger charge is 2.44. The standard InChI is InChI=1S/C58H61N8O20P3/c1-30(2)51(81-28-35-27-65(54-47(35)56(69)62-58(59)61-54)46-26-44(67)45(83-46)29-82-88(77,78)86-89(79,80)85-87(74,75)76)37-15-13-31(22-43(37)66(72)73)8-3-17-60-55(68)34-14-16-36(57(70)71)40(25-34)48-41-23-32-9-4-18-63-20-6-11-38(49(32)63)52(41)84-53-39-12-7-21-64-19-5-10-33(50(39)64)24-42(48)53/h13-16,22-25,27,30,44-46,51,67H,4-7,9-12,17-21,26,28-29H2,1-2H3,(H8-,59,60,61,62,68,69,70,71,74,75,76,77,78,79,80)/p+1/t44-,45+,46+,51+/m0/s1. The van der Waals surface area contributed by atoms with Crippen molar-refractivity contribution in [3.63, 3.8) is 0 Å². The zero-order valence-corrected chi connectivity index (χ0v) is 50.6. The number of fused-ring (bicyclic) bond motifs is 5. The van der Waals surface area contributed by atoms with Crippen LogP contribution in [0, 0.1) is 27.9 Å². The van der Waals surface area contributed by atoms with E-state index in [1.807, 2.05) is 0 Å². The highest BCUT2D eigenvalue weighted by atomic mass is 31.3. The van der Waals surface area contributed by atoms with E-state index < -0.39 is 82.9 Å². The monoisotopic (exact) mass is 1280 g/mol. The van der Waals surface area contributed by atoms with E-state index in [9.17, 15) is 58.2 Å². The number of nitrogens with one attached hydrogen (secondary N) is 2. The number of hydrogen-bond donors (Lipinski definition) is 9. The molecular formula is C58H62N8O20P3+. The number of carbonyl (C=O) groups is 2. The quantitative estimate of drug-likeness (QED) is 0.0179. The van der Waals surface area contributed by atoms with Crippen LogP contribution in [0.1, 0.15) is 129 Å². The second-order valence-corrected chi connectivity index (χ2v) is 27.4. The van der Waals surface area contributed by atoms with Gasteiger partial charge < -0.3 is 64.5 Å². The van der Waals surface area contributed by atoms with E-state index in [4.69, 9.17) is 29.7 Å². The molecule has 1 amide bonds. The fourth-order valence-electron chi connectivity index (χ4n) is 13.2. The number of ether oxygens (including phenoxy) is 3. The normalized spacial score (nSPS) is 20.0. The van der Waals surface area contributed by atoms with Crippen molar-refractivity contribution in [1.82, 2.24) is 24.4 Å². The Kier molecular flexibility index (Phi) is 16.7. The summed E-state index contributed by atoms with van der Waals surface area (Å²) in [7, 11) is -17.1. The van der Waals surface area contributed by atoms with Gasteiger partial charge in [0.05, 0.1) is 59.0 Å². The number of nitro groups is 1. The summed E-state index contributed by atoms with van der Waals surface area (Å²) in [5.74, 6) is 4.90. The Morgan fingerprint density at radius 2 is 1.69 bits per heavy atom. The minimum atomic E-state index is -5.84. The molecule has 2 aromatic heterocycles. The van der Waals surface area contributed by atoms with Crippen LogP contribution in [0.5, 0.6) is 11.5 Å². The number of aryl methyl sites for hydroxylation is 2. The predicted octanol–water partition coefficient (Wildman–Crippen LogP) is 5.04. The molecule has 6 atom stereocenters. The van der Waals surface area contributed by atoms with Crippen molar-refractivity contribution in [2.45, 2.75) is 103 Å². The van der Waals surface area contributed by atoms with E-state index in [1.165, 1.54) is 57.2 Å². The molecule has 8 heterocycles. The van der Waals surface area contributed by atoms with E-state index in [0.717, 1.165) is 111 Å². The number of aromatic amines is 1. The van der Waals surface area contributed by atoms with Crippen molar-refractivity contribution < 1.29 is 85.3 Å². The zero-order chi connectivity index (χ0) is 63.0. The number of aliphatic hydroxyl groups is 1. The minimum absolute atomic E-state index is 0.0336. The summed E-state index contributed by atoms with van der Waals surface area (Å²) < 4.78 is 70.6. The molecule has 0 saturated carbocycles. The molecule has 0 spiro atoms. The van der Waals surface area contributed by atoms with Gasteiger partial charge in [-0.3, -0.25) is 29.2 Å². The van der Waals surface area contributed by atoms with Crippen LogP contribution in [0.2, 0.25) is 0 Å². The maximum Gasteiger partial charge on any atom is 0.490 e. The summed E-state index contributed by atoms with van der Waals surface area (Å²) >= 11 is 0. The number of anilines is 2. The number of phosphoric ester groups is 1. The molecular weight excluding hydrogens is 1220 g/mol. The molecule has 0 aliphatic carbocycles. The Bertz CT molecular complexity index is 4390. The molecule has 6 aliphatic rings. The molecule has 0 bridgehead atoms. The number of carboxylic acids is 1. The van der Waals surface area contributed by atoms with E-state index in [1.54, 1.807) is 26.0 Å². The number of carbonyl (C=O) groups excluding carboxylic acids is 1. The first-order chi connectivity index (χ1) is 42.3. The molecule has 6 aliphatic heterocycles. The number of phosphoric acid groups is 3. The largest absolute Gasteiger partial charge is 0.490 e. The summed E-state index contributed by atoms with van der Waals surface area (Å²) in [6, 6.07) is 13.3. The lowest BCUT2D eigenvalue weighted by Crippen LogP contribution is -2.45. The Hall–Kier alpha value is -7.44. The van der Waals surface area contributed by atoms with Crippen LogP contribution in [0.4, 0.5) is 17.3 Å². The number of nitrogen functional groups attached to an aromatic ring is 1. The first-order valence-corrected chi connectivity index (χ1v) is 33.3. The van der Waals surface area contributed by atoms with Gasteiger partial charge in [0.25, 0.3) is 17.2 Å². The van der Waals surface area contributed by atoms with Gasteiger partial charge in [0.1, 0.15) is 36.9 Å². The molecule has 12 rings (SSSR count). The molecule has 6 aromatic rings. The van der Waals surface area contributed by atoms with Crippen LogP contribution in [-0.2, 0) is 68.6 Å². The molecule has 0 radical (unpaired) electrons. The molecule has 31 heteroatoms. The van der Waals surface area contributed by atoms with Gasteiger partial charge >= 0.3 is 29.4 Å². The summed E-state index contributed by atoms with van der Waals surface area (Å²) in [5, 5.41) is 39.3. The molecule has 1 saturated heterocycles. The van der Waals surface area contributed by atoms with Crippen molar-refractivity contribution in [3.05, 3.63) is 147 Å². The number of aliphatic hydroxyl groups excluding tert-OH is 1. The van der Waals surface area contributed by atoms with Gasteiger partial charge in [-0.05, 0) is 98.0 Å². The number of rotatable bonds is 18. The first kappa shape index (κ1) is 61.8. The highest BCUT2D eigenvalue weighted by molar-refractivity contribution is 7.66.